The molecule has 0 aromatic rings. The van der Waals surface area contributed by atoms with Gasteiger partial charge in [0.15, 0.2) is 0 Å². The molecule has 0 heterocycles. The first-order chi connectivity index (χ1) is 8.11. The number of nitrogens with two attached hydrogens (primary N) is 1. The summed E-state index contributed by atoms with van der Waals surface area (Å²) in [5.41, 5.74) is 5.53. The first-order valence-corrected chi connectivity index (χ1v) is 6.79. The number of unbranched alkanes of at least 4 members (excludes halogenated alkanes) is 2. The van der Waals surface area contributed by atoms with Gasteiger partial charge in [-0.1, -0.05) is 19.8 Å². The normalized spacial score (nSPS) is 29.0. The van der Waals surface area contributed by atoms with Crippen molar-refractivity contribution in [3.05, 3.63) is 0 Å². The molecule has 0 saturated heterocycles. The highest BCUT2D eigenvalue weighted by Crippen LogP contribution is 2.30. The van der Waals surface area contributed by atoms with Gasteiger partial charge in [-0.15, -0.1) is 0 Å². The van der Waals surface area contributed by atoms with Crippen molar-refractivity contribution in [3.8, 4) is 0 Å². The summed E-state index contributed by atoms with van der Waals surface area (Å²) in [6.07, 6.45) is 6.50. The molecule has 0 aromatic carbocycles. The standard InChI is InChI=1S/C13H26N2O2/c1-2-3-4-9-15-12(17)11-5-7-13(14,10-16)8-6-11/h11,16H,2-10,14H2,1H3,(H,15,17). The van der Waals surface area contributed by atoms with Crippen molar-refractivity contribution in [1.29, 1.82) is 0 Å². The second-order valence-electron chi connectivity index (χ2n) is 5.29. The van der Waals surface area contributed by atoms with E-state index in [0.29, 0.717) is 0 Å². The van der Waals surface area contributed by atoms with Crippen LogP contribution in [0.5, 0.6) is 0 Å². The molecule has 0 aromatic heterocycles. The Labute approximate surface area is 104 Å². The molecule has 0 atom stereocenters. The van der Waals surface area contributed by atoms with E-state index >= 15 is 0 Å². The SMILES string of the molecule is CCCCCNC(=O)C1CCC(N)(CO)CC1. The molecule has 1 amide bonds. The van der Waals surface area contributed by atoms with Gasteiger partial charge in [0.1, 0.15) is 0 Å². The van der Waals surface area contributed by atoms with Gasteiger partial charge in [0.25, 0.3) is 0 Å². The van der Waals surface area contributed by atoms with E-state index in [2.05, 4.69) is 12.2 Å². The Kier molecular flexibility index (Phi) is 5.92. The first-order valence-electron chi connectivity index (χ1n) is 6.79. The van der Waals surface area contributed by atoms with Crippen LogP contribution in [0.4, 0.5) is 0 Å². The fourth-order valence-electron chi connectivity index (χ4n) is 2.34. The number of aliphatic hydroxyl groups is 1. The molecule has 4 nitrogen and oxygen atoms in total. The van der Waals surface area contributed by atoms with Crippen LogP contribution < -0.4 is 11.1 Å². The number of aliphatic hydroxyl groups excluding tert-OH is 1. The van der Waals surface area contributed by atoms with Gasteiger partial charge in [0.05, 0.1) is 6.61 Å². The van der Waals surface area contributed by atoms with E-state index in [4.69, 9.17) is 10.8 Å². The molecule has 4 N–H and O–H groups in total. The molecular formula is C13H26N2O2. The Morgan fingerprint density at radius 1 is 1.41 bits per heavy atom. The minimum atomic E-state index is -0.445. The van der Waals surface area contributed by atoms with E-state index in [0.717, 1.165) is 38.6 Å². The summed E-state index contributed by atoms with van der Waals surface area (Å²) in [6.45, 7) is 2.97. The second kappa shape index (κ2) is 6.97. The third-order valence-electron chi connectivity index (χ3n) is 3.75. The zero-order chi connectivity index (χ0) is 12.7. The molecule has 1 aliphatic carbocycles. The fraction of sp³-hybridized carbons (Fsp3) is 0.923. The molecule has 1 rings (SSSR count). The maximum atomic E-state index is 11.8. The molecule has 1 aliphatic rings. The van der Waals surface area contributed by atoms with Crippen LogP contribution in [0.25, 0.3) is 0 Å². The van der Waals surface area contributed by atoms with Gasteiger partial charge in [-0.25, -0.2) is 0 Å². The van der Waals surface area contributed by atoms with E-state index < -0.39 is 5.54 Å². The average molecular weight is 242 g/mol. The predicted molar refractivity (Wildman–Crippen MR) is 68.5 cm³/mol. The maximum absolute atomic E-state index is 11.8. The molecule has 0 bridgehead atoms. The van der Waals surface area contributed by atoms with Crippen LogP contribution in [0.1, 0.15) is 51.9 Å². The van der Waals surface area contributed by atoms with Crippen LogP contribution in [0.2, 0.25) is 0 Å². The van der Waals surface area contributed by atoms with Crippen molar-refractivity contribution in [2.24, 2.45) is 11.7 Å². The molecule has 100 valence electrons. The molecule has 0 spiro atoms. The number of carbonyl (C=O) groups excluding carboxylic acids is 1. The molecule has 1 fully saturated rings. The highest BCUT2D eigenvalue weighted by atomic mass is 16.3. The Bertz CT molecular complexity index is 236. The van der Waals surface area contributed by atoms with Crippen LogP contribution in [0.15, 0.2) is 0 Å². The van der Waals surface area contributed by atoms with Crippen LogP contribution in [0, 0.1) is 5.92 Å². The summed E-state index contributed by atoms with van der Waals surface area (Å²) >= 11 is 0. The Balaban J connectivity index is 2.22. The van der Waals surface area contributed by atoms with Gasteiger partial charge in [-0.2, -0.15) is 0 Å². The smallest absolute Gasteiger partial charge is 0.223 e. The maximum Gasteiger partial charge on any atom is 0.223 e. The lowest BCUT2D eigenvalue weighted by Gasteiger charge is -2.35. The van der Waals surface area contributed by atoms with Gasteiger partial charge >= 0.3 is 0 Å². The largest absolute Gasteiger partial charge is 0.394 e. The lowest BCUT2D eigenvalue weighted by Crippen LogP contribution is -2.48. The summed E-state index contributed by atoms with van der Waals surface area (Å²) in [5, 5.41) is 12.1. The minimum absolute atomic E-state index is 0.0256. The zero-order valence-corrected chi connectivity index (χ0v) is 10.9. The lowest BCUT2D eigenvalue weighted by atomic mass is 9.77. The lowest BCUT2D eigenvalue weighted by molar-refractivity contribution is -0.126. The third kappa shape index (κ3) is 4.64. The first kappa shape index (κ1) is 14.5. The van der Waals surface area contributed by atoms with Crippen molar-refractivity contribution >= 4 is 5.91 Å². The van der Waals surface area contributed by atoms with Crippen LogP contribution in [-0.4, -0.2) is 29.7 Å². The van der Waals surface area contributed by atoms with Crippen molar-refractivity contribution < 1.29 is 9.90 Å². The number of rotatable bonds is 6. The van der Waals surface area contributed by atoms with Crippen molar-refractivity contribution in [3.63, 3.8) is 0 Å². The van der Waals surface area contributed by atoms with Crippen LogP contribution >= 0.6 is 0 Å². The Morgan fingerprint density at radius 3 is 2.59 bits per heavy atom. The Hall–Kier alpha value is -0.610. The predicted octanol–water partition coefficient (Wildman–Crippen LogP) is 1.17. The summed E-state index contributed by atoms with van der Waals surface area (Å²) in [5.74, 6) is 0.265. The molecule has 0 radical (unpaired) electrons. The van der Waals surface area contributed by atoms with Crippen molar-refractivity contribution in [2.45, 2.75) is 57.4 Å². The summed E-state index contributed by atoms with van der Waals surface area (Å²) in [7, 11) is 0. The quantitative estimate of drug-likeness (QED) is 0.612. The zero-order valence-electron chi connectivity index (χ0n) is 10.9. The van der Waals surface area contributed by atoms with Gasteiger partial charge in [-0.3, -0.25) is 4.79 Å². The molecular weight excluding hydrogens is 216 g/mol. The van der Waals surface area contributed by atoms with E-state index in [-0.39, 0.29) is 18.4 Å². The van der Waals surface area contributed by atoms with Gasteiger partial charge < -0.3 is 16.2 Å². The van der Waals surface area contributed by atoms with E-state index in [1.165, 1.54) is 12.8 Å². The molecule has 0 aliphatic heterocycles. The molecule has 1 saturated carbocycles. The average Bonchev–Trinajstić information content (AvgIpc) is 2.35. The third-order valence-corrected chi connectivity index (χ3v) is 3.75. The molecule has 0 unspecified atom stereocenters. The van der Waals surface area contributed by atoms with Crippen molar-refractivity contribution in [2.75, 3.05) is 13.2 Å². The van der Waals surface area contributed by atoms with Gasteiger partial charge in [0, 0.05) is 18.0 Å². The van der Waals surface area contributed by atoms with Gasteiger partial charge in [0.2, 0.25) is 5.91 Å². The summed E-state index contributed by atoms with van der Waals surface area (Å²) in [6, 6.07) is 0. The second-order valence-corrected chi connectivity index (χ2v) is 5.29. The highest BCUT2D eigenvalue weighted by molar-refractivity contribution is 5.78. The monoisotopic (exact) mass is 242 g/mol. The van der Waals surface area contributed by atoms with Crippen molar-refractivity contribution in [1.82, 2.24) is 5.32 Å². The van der Waals surface area contributed by atoms with E-state index in [1.807, 2.05) is 0 Å². The van der Waals surface area contributed by atoms with Crippen LogP contribution in [0.3, 0.4) is 0 Å². The number of carbonyl (C=O) groups is 1. The highest BCUT2D eigenvalue weighted by Gasteiger charge is 2.33. The number of hydrogen-bond acceptors (Lipinski definition) is 3. The molecule has 17 heavy (non-hydrogen) atoms. The number of amides is 1. The van der Waals surface area contributed by atoms with Crippen LogP contribution in [-0.2, 0) is 4.79 Å². The number of hydrogen-bond donors (Lipinski definition) is 3. The molecule has 4 heteroatoms. The summed E-state index contributed by atoms with van der Waals surface area (Å²) in [4.78, 5) is 11.8. The van der Waals surface area contributed by atoms with E-state index in [1.54, 1.807) is 0 Å². The minimum Gasteiger partial charge on any atom is -0.394 e. The topological polar surface area (TPSA) is 75.4 Å². The Morgan fingerprint density at radius 2 is 2.06 bits per heavy atom. The number of nitrogens with one attached hydrogen (secondary N) is 1. The summed E-state index contributed by atoms with van der Waals surface area (Å²) < 4.78 is 0. The fourth-order valence-corrected chi connectivity index (χ4v) is 2.34. The van der Waals surface area contributed by atoms with Gasteiger partial charge in [-0.05, 0) is 32.1 Å². The van der Waals surface area contributed by atoms with E-state index in [9.17, 15) is 4.79 Å².